The first-order valence-corrected chi connectivity index (χ1v) is 7.45. The predicted octanol–water partition coefficient (Wildman–Crippen LogP) is 3.74. The van der Waals surface area contributed by atoms with Gasteiger partial charge in [-0.05, 0) is 38.1 Å². The summed E-state index contributed by atoms with van der Waals surface area (Å²) in [5.41, 5.74) is 2.18. The lowest BCUT2D eigenvalue weighted by Crippen LogP contribution is -2.34. The summed E-state index contributed by atoms with van der Waals surface area (Å²) < 4.78 is 1.72. The van der Waals surface area contributed by atoms with Gasteiger partial charge in [-0.2, -0.15) is 4.73 Å². The lowest BCUT2D eigenvalue weighted by Gasteiger charge is -2.27. The molecule has 1 aliphatic carbocycles. The van der Waals surface area contributed by atoms with Gasteiger partial charge in [0.25, 0.3) is 0 Å². The van der Waals surface area contributed by atoms with Crippen LogP contribution in [0.4, 0.5) is 0 Å². The number of rotatable bonds is 1. The van der Waals surface area contributed by atoms with Gasteiger partial charge in [0.1, 0.15) is 0 Å². The Morgan fingerprint density at radius 2 is 1.90 bits per heavy atom. The highest BCUT2D eigenvalue weighted by Gasteiger charge is 2.36. The zero-order chi connectivity index (χ0) is 15.2. The minimum absolute atomic E-state index is 0.0714. The van der Waals surface area contributed by atoms with Gasteiger partial charge in [0.05, 0.1) is 5.57 Å². The highest BCUT2D eigenvalue weighted by Crippen LogP contribution is 2.39. The molecule has 0 unspecified atom stereocenters. The maximum atomic E-state index is 12.6. The van der Waals surface area contributed by atoms with Crippen LogP contribution in [0.5, 0.6) is 0 Å². The van der Waals surface area contributed by atoms with E-state index >= 15 is 0 Å². The molecule has 0 amide bonds. The summed E-state index contributed by atoms with van der Waals surface area (Å²) in [5, 5.41) is 12.1. The molecule has 0 atom stereocenters. The van der Waals surface area contributed by atoms with Crippen molar-refractivity contribution in [2.75, 3.05) is 0 Å². The summed E-state index contributed by atoms with van der Waals surface area (Å²) in [6.45, 7) is 3.75. The molecule has 1 aliphatic rings. The molecule has 1 heterocycles. The lowest BCUT2D eigenvalue weighted by atomic mass is 9.74. The van der Waals surface area contributed by atoms with Crippen molar-refractivity contribution < 1.29 is 9.52 Å². The fraction of sp³-hybridized carbons (Fsp3) is 0.176. The molecule has 0 spiro atoms. The molecule has 4 heteroatoms. The molecule has 0 saturated heterocycles. The number of carbonyl (C=O) groups is 1. The fourth-order valence-electron chi connectivity index (χ4n) is 2.64. The average Bonchev–Trinajstić information content (AvgIpc) is 2.44. The summed E-state index contributed by atoms with van der Waals surface area (Å²) in [6.07, 6.45) is 3.35. The van der Waals surface area contributed by atoms with Crippen molar-refractivity contribution >= 4 is 27.3 Å². The number of pyridine rings is 1. The summed E-state index contributed by atoms with van der Waals surface area (Å²) in [6, 6.07) is 10.8. The van der Waals surface area contributed by atoms with Crippen LogP contribution in [-0.4, -0.2) is 5.78 Å². The first-order valence-electron chi connectivity index (χ1n) is 6.66. The molecule has 2 aromatic rings. The van der Waals surface area contributed by atoms with Crippen LogP contribution >= 0.6 is 15.9 Å². The first-order chi connectivity index (χ1) is 9.90. The van der Waals surface area contributed by atoms with E-state index in [4.69, 9.17) is 0 Å². The largest absolute Gasteiger partial charge is 0.618 e. The molecule has 3 rings (SSSR count). The number of Topliss-reactive ketones (excluding diaryl/α,β-unsaturated/α-hetero) is 1. The van der Waals surface area contributed by atoms with E-state index in [2.05, 4.69) is 15.9 Å². The first kappa shape index (κ1) is 14.0. The summed E-state index contributed by atoms with van der Waals surface area (Å²) >= 11 is 3.43. The van der Waals surface area contributed by atoms with E-state index in [0.717, 1.165) is 20.3 Å². The number of hydrogen-bond donors (Lipinski definition) is 0. The Hall–Kier alpha value is -1.94. The van der Waals surface area contributed by atoms with E-state index < -0.39 is 5.41 Å². The SMILES string of the molecule is CC1(C)C=C(c2cccc[n+]2[O-])c2cc(Br)ccc2C1=O. The molecule has 0 fully saturated rings. The number of allylic oxidation sites excluding steroid dienone is 1. The van der Waals surface area contributed by atoms with Crippen LogP contribution in [-0.2, 0) is 0 Å². The molecule has 3 nitrogen and oxygen atoms in total. The zero-order valence-corrected chi connectivity index (χ0v) is 13.3. The number of aromatic nitrogens is 1. The molecule has 21 heavy (non-hydrogen) atoms. The summed E-state index contributed by atoms with van der Waals surface area (Å²) in [5.74, 6) is 0.0714. The molecule has 0 N–H and O–H groups in total. The van der Waals surface area contributed by atoms with Gasteiger partial charge in [-0.3, -0.25) is 4.79 Å². The molecule has 0 radical (unpaired) electrons. The van der Waals surface area contributed by atoms with Gasteiger partial charge in [-0.25, -0.2) is 0 Å². The number of halogens is 1. The summed E-state index contributed by atoms with van der Waals surface area (Å²) in [7, 11) is 0. The normalized spacial score (nSPS) is 16.3. The number of ketones is 1. The number of nitrogens with zero attached hydrogens (tertiary/aromatic N) is 1. The van der Waals surface area contributed by atoms with Crippen molar-refractivity contribution in [3.05, 3.63) is 75.2 Å². The quantitative estimate of drug-likeness (QED) is 0.584. The van der Waals surface area contributed by atoms with Gasteiger partial charge in [0.2, 0.25) is 5.69 Å². The highest BCUT2D eigenvalue weighted by molar-refractivity contribution is 9.10. The Labute approximate surface area is 131 Å². The Morgan fingerprint density at radius 3 is 2.62 bits per heavy atom. The van der Waals surface area contributed by atoms with Crippen LogP contribution in [0.1, 0.15) is 35.5 Å². The second-order valence-corrected chi connectivity index (χ2v) is 6.63. The summed E-state index contributed by atoms with van der Waals surface area (Å²) in [4.78, 5) is 12.6. The van der Waals surface area contributed by atoms with Crippen LogP contribution < -0.4 is 4.73 Å². The lowest BCUT2D eigenvalue weighted by molar-refractivity contribution is -0.607. The fourth-order valence-corrected chi connectivity index (χ4v) is 3.00. The van der Waals surface area contributed by atoms with Crippen LogP contribution in [0.15, 0.2) is 53.1 Å². The maximum Gasteiger partial charge on any atom is 0.224 e. The Kier molecular flexibility index (Phi) is 3.21. The van der Waals surface area contributed by atoms with E-state index in [1.807, 2.05) is 44.2 Å². The standard InChI is InChI=1S/C17H14BrNO2/c1-17(2)10-14(15-5-3-4-8-19(15)21)13-9-11(18)6-7-12(13)16(17)20/h3-10H,1-2H3. The van der Waals surface area contributed by atoms with E-state index in [1.165, 1.54) is 6.20 Å². The van der Waals surface area contributed by atoms with Crippen molar-refractivity contribution in [1.82, 2.24) is 0 Å². The number of carbonyl (C=O) groups excluding carboxylic acids is 1. The van der Waals surface area contributed by atoms with Crippen LogP contribution in [0.2, 0.25) is 0 Å². The third kappa shape index (κ3) is 2.29. The molecule has 0 aliphatic heterocycles. The van der Waals surface area contributed by atoms with E-state index in [1.54, 1.807) is 12.1 Å². The van der Waals surface area contributed by atoms with Gasteiger partial charge >= 0.3 is 0 Å². The van der Waals surface area contributed by atoms with Crippen molar-refractivity contribution in [3.63, 3.8) is 0 Å². The molecule has 0 bridgehead atoms. The number of fused-ring (bicyclic) bond motifs is 1. The minimum atomic E-state index is -0.626. The van der Waals surface area contributed by atoms with Gasteiger partial charge in [0.15, 0.2) is 12.0 Å². The van der Waals surface area contributed by atoms with Crippen LogP contribution in [0, 0.1) is 10.6 Å². The van der Waals surface area contributed by atoms with Crippen LogP contribution in [0.25, 0.3) is 5.57 Å². The second-order valence-electron chi connectivity index (χ2n) is 5.71. The molecular formula is C17H14BrNO2. The van der Waals surface area contributed by atoms with E-state index in [0.29, 0.717) is 11.3 Å². The third-order valence-corrected chi connectivity index (χ3v) is 4.20. The van der Waals surface area contributed by atoms with E-state index in [9.17, 15) is 10.0 Å². The second kappa shape index (κ2) is 4.81. The predicted molar refractivity (Wildman–Crippen MR) is 84.7 cm³/mol. The van der Waals surface area contributed by atoms with Crippen molar-refractivity contribution in [2.24, 2.45) is 5.41 Å². The molecule has 1 aromatic carbocycles. The van der Waals surface area contributed by atoms with E-state index in [-0.39, 0.29) is 5.78 Å². The molecular weight excluding hydrogens is 330 g/mol. The third-order valence-electron chi connectivity index (χ3n) is 3.71. The topological polar surface area (TPSA) is 44.0 Å². The van der Waals surface area contributed by atoms with Crippen molar-refractivity contribution in [2.45, 2.75) is 13.8 Å². The Morgan fingerprint density at radius 1 is 1.14 bits per heavy atom. The number of hydrogen-bond acceptors (Lipinski definition) is 2. The maximum absolute atomic E-state index is 12.6. The molecule has 0 saturated carbocycles. The smallest absolute Gasteiger partial charge is 0.224 e. The van der Waals surface area contributed by atoms with Gasteiger partial charge in [0, 0.05) is 33.1 Å². The zero-order valence-electron chi connectivity index (χ0n) is 11.8. The molecule has 1 aromatic heterocycles. The van der Waals surface area contributed by atoms with Crippen molar-refractivity contribution in [3.8, 4) is 0 Å². The Balaban J connectivity index is 2.32. The Bertz CT molecular complexity index is 778. The average molecular weight is 344 g/mol. The molecule has 106 valence electrons. The van der Waals surface area contributed by atoms with Crippen LogP contribution in [0.3, 0.4) is 0 Å². The minimum Gasteiger partial charge on any atom is -0.618 e. The van der Waals surface area contributed by atoms with Gasteiger partial charge in [-0.1, -0.05) is 22.0 Å². The number of benzene rings is 1. The van der Waals surface area contributed by atoms with Crippen molar-refractivity contribution in [1.29, 1.82) is 0 Å². The monoisotopic (exact) mass is 343 g/mol. The highest BCUT2D eigenvalue weighted by atomic mass is 79.9. The van der Waals surface area contributed by atoms with Gasteiger partial charge < -0.3 is 5.21 Å². The van der Waals surface area contributed by atoms with Gasteiger partial charge in [-0.15, -0.1) is 0 Å².